The predicted molar refractivity (Wildman–Crippen MR) is 64.8 cm³/mol. The molecule has 6 nitrogen and oxygen atoms in total. The predicted octanol–water partition coefficient (Wildman–Crippen LogP) is 0.442. The summed E-state index contributed by atoms with van der Waals surface area (Å²) in [7, 11) is 0. The van der Waals surface area contributed by atoms with Crippen molar-refractivity contribution in [3.63, 3.8) is 0 Å². The number of carbonyl (C=O) groups excluding carboxylic acids is 1. The van der Waals surface area contributed by atoms with Gasteiger partial charge >= 0.3 is 0 Å². The molecular weight excluding hydrogens is 234 g/mol. The van der Waals surface area contributed by atoms with Gasteiger partial charge in [-0.3, -0.25) is 4.79 Å². The Kier molecular flexibility index (Phi) is 3.68. The first kappa shape index (κ1) is 13.0. The monoisotopic (exact) mass is 253 g/mol. The minimum atomic E-state index is -0.270. The van der Waals surface area contributed by atoms with E-state index in [1.54, 1.807) is 0 Å². The number of amides is 1. The van der Waals surface area contributed by atoms with E-state index in [-0.39, 0.29) is 23.9 Å². The third-order valence-electron chi connectivity index (χ3n) is 3.34. The molecule has 1 aliphatic heterocycles. The Morgan fingerprint density at radius 1 is 1.50 bits per heavy atom. The number of aryl methyl sites for hydroxylation is 2. The zero-order chi connectivity index (χ0) is 13.3. The molecule has 0 aromatic carbocycles. The lowest BCUT2D eigenvalue weighted by molar-refractivity contribution is -0.125. The molecule has 2 rings (SSSR count). The second-order valence-electron chi connectivity index (χ2n) is 4.78. The van der Waals surface area contributed by atoms with Crippen molar-refractivity contribution in [2.45, 2.75) is 32.9 Å². The van der Waals surface area contributed by atoms with Crippen molar-refractivity contribution in [1.29, 1.82) is 0 Å². The lowest BCUT2D eigenvalue weighted by atomic mass is 10.0. The first-order valence-electron chi connectivity index (χ1n) is 6.07. The maximum absolute atomic E-state index is 12.1. The molecule has 3 atom stereocenters. The van der Waals surface area contributed by atoms with Gasteiger partial charge in [-0.05, 0) is 20.8 Å². The van der Waals surface area contributed by atoms with Gasteiger partial charge in [0.1, 0.15) is 5.76 Å². The second-order valence-corrected chi connectivity index (χ2v) is 4.78. The van der Waals surface area contributed by atoms with Gasteiger partial charge in [0, 0.05) is 11.6 Å². The minimum Gasteiger partial charge on any atom is -0.379 e. The van der Waals surface area contributed by atoms with Crippen LogP contribution in [0.15, 0.2) is 4.52 Å². The second kappa shape index (κ2) is 5.07. The topological polar surface area (TPSA) is 90.4 Å². The van der Waals surface area contributed by atoms with Crippen molar-refractivity contribution >= 4 is 5.91 Å². The molecule has 1 aromatic heterocycles. The molecule has 1 fully saturated rings. The number of hydrogen-bond acceptors (Lipinski definition) is 5. The van der Waals surface area contributed by atoms with Gasteiger partial charge in [0.2, 0.25) is 5.91 Å². The van der Waals surface area contributed by atoms with Crippen molar-refractivity contribution in [3.05, 3.63) is 17.0 Å². The fourth-order valence-electron chi connectivity index (χ4n) is 2.34. The SMILES string of the molecule is Cc1noc(C)c1C(C)NC(=O)C1COCC1N. The molecule has 0 saturated carbocycles. The number of ether oxygens (including phenoxy) is 1. The van der Waals surface area contributed by atoms with Gasteiger partial charge in [-0.1, -0.05) is 5.16 Å². The fraction of sp³-hybridized carbons (Fsp3) is 0.667. The Labute approximate surface area is 106 Å². The summed E-state index contributed by atoms with van der Waals surface area (Å²) in [5.74, 6) is 0.382. The third kappa shape index (κ3) is 2.39. The van der Waals surface area contributed by atoms with E-state index in [1.165, 1.54) is 0 Å². The number of nitrogens with one attached hydrogen (secondary N) is 1. The zero-order valence-corrected chi connectivity index (χ0v) is 10.9. The van der Waals surface area contributed by atoms with Crippen molar-refractivity contribution in [3.8, 4) is 0 Å². The highest BCUT2D eigenvalue weighted by atomic mass is 16.5. The van der Waals surface area contributed by atoms with Crippen molar-refractivity contribution in [2.75, 3.05) is 13.2 Å². The Hall–Kier alpha value is -1.40. The highest BCUT2D eigenvalue weighted by Crippen LogP contribution is 2.22. The summed E-state index contributed by atoms with van der Waals surface area (Å²) < 4.78 is 10.3. The van der Waals surface area contributed by atoms with Crippen LogP contribution in [-0.4, -0.2) is 30.3 Å². The van der Waals surface area contributed by atoms with E-state index in [0.29, 0.717) is 13.2 Å². The number of nitrogens with zero attached hydrogens (tertiary/aromatic N) is 1. The van der Waals surface area contributed by atoms with E-state index < -0.39 is 0 Å². The van der Waals surface area contributed by atoms with Gasteiger partial charge in [0.15, 0.2) is 0 Å². The molecule has 18 heavy (non-hydrogen) atoms. The summed E-state index contributed by atoms with van der Waals surface area (Å²) in [5.41, 5.74) is 7.54. The molecule has 3 N–H and O–H groups in total. The molecule has 0 bridgehead atoms. The van der Waals surface area contributed by atoms with E-state index >= 15 is 0 Å². The van der Waals surface area contributed by atoms with Gasteiger partial charge in [-0.2, -0.15) is 0 Å². The number of carbonyl (C=O) groups is 1. The van der Waals surface area contributed by atoms with Gasteiger partial charge in [0.05, 0.1) is 30.9 Å². The molecule has 2 heterocycles. The highest BCUT2D eigenvalue weighted by molar-refractivity contribution is 5.80. The molecule has 0 aliphatic carbocycles. The van der Waals surface area contributed by atoms with Gasteiger partial charge < -0.3 is 20.3 Å². The summed E-state index contributed by atoms with van der Waals surface area (Å²) >= 11 is 0. The molecule has 100 valence electrons. The first-order valence-corrected chi connectivity index (χ1v) is 6.07. The van der Waals surface area contributed by atoms with E-state index in [2.05, 4.69) is 10.5 Å². The number of rotatable bonds is 3. The van der Waals surface area contributed by atoms with Crippen LogP contribution in [0.1, 0.15) is 30.0 Å². The molecule has 1 amide bonds. The van der Waals surface area contributed by atoms with Crippen LogP contribution < -0.4 is 11.1 Å². The standard InChI is InChI=1S/C12H19N3O3/c1-6(11-7(2)15-18-8(11)3)14-12(16)9-4-17-5-10(9)13/h6,9-10H,4-5,13H2,1-3H3,(H,14,16). The van der Waals surface area contributed by atoms with Crippen LogP contribution >= 0.6 is 0 Å². The molecular formula is C12H19N3O3. The maximum atomic E-state index is 12.1. The average Bonchev–Trinajstić information content (AvgIpc) is 2.85. The third-order valence-corrected chi connectivity index (χ3v) is 3.34. The normalized spacial score (nSPS) is 25.1. The smallest absolute Gasteiger partial charge is 0.227 e. The Morgan fingerprint density at radius 3 is 2.72 bits per heavy atom. The number of nitrogens with two attached hydrogens (primary N) is 1. The van der Waals surface area contributed by atoms with E-state index in [4.69, 9.17) is 15.0 Å². The van der Waals surface area contributed by atoms with Crippen molar-refractivity contribution in [1.82, 2.24) is 10.5 Å². The van der Waals surface area contributed by atoms with Crippen molar-refractivity contribution in [2.24, 2.45) is 11.7 Å². The van der Waals surface area contributed by atoms with E-state index in [1.807, 2.05) is 20.8 Å². The zero-order valence-electron chi connectivity index (χ0n) is 10.9. The Morgan fingerprint density at radius 2 is 2.22 bits per heavy atom. The quantitative estimate of drug-likeness (QED) is 0.815. The Bertz CT molecular complexity index is 424. The first-order chi connectivity index (χ1) is 8.50. The summed E-state index contributed by atoms with van der Waals surface area (Å²) in [5, 5.41) is 6.82. The fourth-order valence-corrected chi connectivity index (χ4v) is 2.34. The lowest BCUT2D eigenvalue weighted by Crippen LogP contribution is -2.41. The van der Waals surface area contributed by atoms with E-state index in [9.17, 15) is 4.79 Å². The molecule has 6 heteroatoms. The lowest BCUT2D eigenvalue weighted by Gasteiger charge is -2.18. The Balaban J connectivity index is 2.03. The van der Waals surface area contributed by atoms with Crippen LogP contribution in [0.5, 0.6) is 0 Å². The van der Waals surface area contributed by atoms with Gasteiger partial charge in [-0.25, -0.2) is 0 Å². The molecule has 0 radical (unpaired) electrons. The molecule has 3 unspecified atom stereocenters. The molecule has 0 spiro atoms. The maximum Gasteiger partial charge on any atom is 0.227 e. The van der Waals surface area contributed by atoms with Crippen LogP contribution in [0, 0.1) is 19.8 Å². The number of hydrogen-bond donors (Lipinski definition) is 2. The summed E-state index contributed by atoms with van der Waals surface area (Å²) in [6, 6.07) is -0.363. The molecule has 1 aromatic rings. The largest absolute Gasteiger partial charge is 0.379 e. The van der Waals surface area contributed by atoms with Crippen LogP contribution in [0.4, 0.5) is 0 Å². The van der Waals surface area contributed by atoms with Crippen LogP contribution in [0.3, 0.4) is 0 Å². The van der Waals surface area contributed by atoms with E-state index in [0.717, 1.165) is 17.0 Å². The average molecular weight is 253 g/mol. The van der Waals surface area contributed by atoms with Crippen LogP contribution in [0.25, 0.3) is 0 Å². The van der Waals surface area contributed by atoms with Gasteiger partial charge in [0.25, 0.3) is 0 Å². The van der Waals surface area contributed by atoms with Crippen molar-refractivity contribution < 1.29 is 14.1 Å². The van der Waals surface area contributed by atoms with Crippen LogP contribution in [-0.2, 0) is 9.53 Å². The van der Waals surface area contributed by atoms with Crippen LogP contribution in [0.2, 0.25) is 0 Å². The molecule has 1 aliphatic rings. The van der Waals surface area contributed by atoms with Gasteiger partial charge in [-0.15, -0.1) is 0 Å². The summed E-state index contributed by atoms with van der Waals surface area (Å²) in [6.07, 6.45) is 0. The summed E-state index contributed by atoms with van der Waals surface area (Å²) in [4.78, 5) is 12.1. The summed E-state index contributed by atoms with van der Waals surface area (Å²) in [6.45, 7) is 6.44. The number of aromatic nitrogens is 1. The molecule has 1 saturated heterocycles. The minimum absolute atomic E-state index is 0.0764. The highest BCUT2D eigenvalue weighted by Gasteiger charge is 2.32.